The number of hydrogen-bond donors (Lipinski definition) is 1. The molecule has 2 aliphatic rings. The van der Waals surface area contributed by atoms with Crippen molar-refractivity contribution in [3.8, 4) is 0 Å². The van der Waals surface area contributed by atoms with Crippen LogP contribution in [0.2, 0.25) is 0 Å². The lowest BCUT2D eigenvalue weighted by atomic mass is 9.90. The minimum atomic E-state index is 0.502. The predicted octanol–water partition coefficient (Wildman–Crippen LogP) is 2.95. The second kappa shape index (κ2) is 7.41. The summed E-state index contributed by atoms with van der Waals surface area (Å²) in [4.78, 5) is 0. The molecule has 1 saturated heterocycles. The Bertz CT molecular complexity index is 419. The SMILES string of the molecule is CCNC(Cc1ccn(C2CCCC2)n1)C1CCCOC1. The number of likely N-dealkylation sites (N-methyl/N-ethyl adjacent to an activating group) is 1. The summed E-state index contributed by atoms with van der Waals surface area (Å²) < 4.78 is 7.88. The molecule has 1 aliphatic heterocycles. The zero-order chi connectivity index (χ0) is 14.5. The number of ether oxygens (including phenoxy) is 1. The molecule has 0 radical (unpaired) electrons. The van der Waals surface area contributed by atoms with E-state index in [2.05, 4.69) is 29.2 Å². The fraction of sp³-hybridized carbons (Fsp3) is 0.824. The molecule has 2 fully saturated rings. The molecule has 0 aromatic carbocycles. The monoisotopic (exact) mass is 291 g/mol. The number of nitrogens with one attached hydrogen (secondary N) is 1. The zero-order valence-corrected chi connectivity index (χ0v) is 13.3. The molecule has 2 unspecified atom stereocenters. The van der Waals surface area contributed by atoms with Crippen LogP contribution in [0.4, 0.5) is 0 Å². The van der Waals surface area contributed by atoms with E-state index in [1.807, 2.05) is 0 Å². The van der Waals surface area contributed by atoms with Crippen LogP contribution in [0.25, 0.3) is 0 Å². The molecule has 0 bridgehead atoms. The molecule has 4 heteroatoms. The van der Waals surface area contributed by atoms with Crippen molar-refractivity contribution in [2.45, 2.75) is 64.0 Å². The van der Waals surface area contributed by atoms with Gasteiger partial charge in [0.05, 0.1) is 18.3 Å². The van der Waals surface area contributed by atoms with Crippen molar-refractivity contribution in [2.24, 2.45) is 5.92 Å². The first-order valence-corrected chi connectivity index (χ1v) is 8.72. The maximum atomic E-state index is 5.67. The summed E-state index contributed by atoms with van der Waals surface area (Å²) in [5.74, 6) is 0.635. The van der Waals surface area contributed by atoms with Gasteiger partial charge < -0.3 is 10.1 Å². The lowest BCUT2D eigenvalue weighted by Gasteiger charge is -2.30. The Hall–Kier alpha value is -0.870. The first kappa shape index (κ1) is 15.0. The molecule has 2 atom stereocenters. The van der Waals surface area contributed by atoms with Crippen molar-refractivity contribution in [3.05, 3.63) is 18.0 Å². The highest BCUT2D eigenvalue weighted by Crippen LogP contribution is 2.29. The van der Waals surface area contributed by atoms with E-state index in [0.29, 0.717) is 18.0 Å². The topological polar surface area (TPSA) is 39.1 Å². The molecule has 1 N–H and O–H groups in total. The minimum absolute atomic E-state index is 0.502. The van der Waals surface area contributed by atoms with E-state index in [0.717, 1.165) is 26.2 Å². The van der Waals surface area contributed by atoms with E-state index < -0.39 is 0 Å². The maximum Gasteiger partial charge on any atom is 0.0640 e. The highest BCUT2D eigenvalue weighted by atomic mass is 16.5. The van der Waals surface area contributed by atoms with Crippen molar-refractivity contribution < 1.29 is 4.74 Å². The van der Waals surface area contributed by atoms with Crippen LogP contribution < -0.4 is 5.32 Å². The van der Waals surface area contributed by atoms with Crippen molar-refractivity contribution in [1.82, 2.24) is 15.1 Å². The molecule has 2 heterocycles. The largest absolute Gasteiger partial charge is 0.381 e. The van der Waals surface area contributed by atoms with Crippen LogP contribution in [0.1, 0.15) is 57.2 Å². The molecule has 1 saturated carbocycles. The second-order valence-corrected chi connectivity index (χ2v) is 6.57. The Morgan fingerprint density at radius 1 is 1.33 bits per heavy atom. The van der Waals surface area contributed by atoms with E-state index in [9.17, 15) is 0 Å². The molecule has 0 amide bonds. The third-order valence-electron chi connectivity index (χ3n) is 5.02. The van der Waals surface area contributed by atoms with Gasteiger partial charge in [-0.15, -0.1) is 0 Å². The van der Waals surface area contributed by atoms with Gasteiger partial charge >= 0.3 is 0 Å². The van der Waals surface area contributed by atoms with Crippen LogP contribution >= 0.6 is 0 Å². The zero-order valence-electron chi connectivity index (χ0n) is 13.3. The highest BCUT2D eigenvalue weighted by molar-refractivity contribution is 5.04. The van der Waals surface area contributed by atoms with Crippen molar-refractivity contribution in [3.63, 3.8) is 0 Å². The molecular formula is C17H29N3O. The maximum absolute atomic E-state index is 5.67. The average Bonchev–Trinajstić information content (AvgIpc) is 3.19. The van der Waals surface area contributed by atoms with Crippen molar-refractivity contribution in [2.75, 3.05) is 19.8 Å². The standard InChI is InChI=1S/C17H29N3O/c1-2-18-17(14-6-5-11-21-13-14)12-15-9-10-20(19-15)16-7-3-4-8-16/h9-10,14,16-18H,2-8,11-13H2,1H3. The minimum Gasteiger partial charge on any atom is -0.381 e. The first-order chi connectivity index (χ1) is 10.4. The van der Waals surface area contributed by atoms with Gasteiger partial charge in [0.15, 0.2) is 0 Å². The summed E-state index contributed by atoms with van der Waals surface area (Å²) in [5.41, 5.74) is 1.23. The second-order valence-electron chi connectivity index (χ2n) is 6.57. The highest BCUT2D eigenvalue weighted by Gasteiger charge is 2.25. The van der Waals surface area contributed by atoms with Crippen molar-refractivity contribution in [1.29, 1.82) is 0 Å². The normalized spacial score (nSPS) is 25.3. The Morgan fingerprint density at radius 3 is 2.90 bits per heavy atom. The first-order valence-electron chi connectivity index (χ1n) is 8.72. The van der Waals surface area contributed by atoms with Gasteiger partial charge in [0.1, 0.15) is 0 Å². The number of aromatic nitrogens is 2. The number of hydrogen-bond acceptors (Lipinski definition) is 3. The third-order valence-corrected chi connectivity index (χ3v) is 5.02. The van der Waals surface area contributed by atoms with Crippen LogP contribution in [-0.2, 0) is 11.2 Å². The Morgan fingerprint density at radius 2 is 2.19 bits per heavy atom. The quantitative estimate of drug-likeness (QED) is 0.876. The van der Waals surface area contributed by atoms with E-state index in [1.54, 1.807) is 0 Å². The lowest BCUT2D eigenvalue weighted by Crippen LogP contribution is -2.41. The molecule has 4 nitrogen and oxygen atoms in total. The molecule has 1 aliphatic carbocycles. The molecule has 118 valence electrons. The van der Waals surface area contributed by atoms with Crippen LogP contribution in [0.3, 0.4) is 0 Å². The molecule has 3 rings (SSSR count). The number of rotatable bonds is 6. The predicted molar refractivity (Wildman–Crippen MR) is 84.4 cm³/mol. The molecule has 21 heavy (non-hydrogen) atoms. The van der Waals surface area contributed by atoms with Gasteiger partial charge in [-0.1, -0.05) is 19.8 Å². The third kappa shape index (κ3) is 3.86. The van der Waals surface area contributed by atoms with E-state index in [4.69, 9.17) is 9.84 Å². The lowest BCUT2D eigenvalue weighted by molar-refractivity contribution is 0.0394. The summed E-state index contributed by atoms with van der Waals surface area (Å²) >= 11 is 0. The fourth-order valence-electron chi connectivity index (χ4n) is 3.83. The average molecular weight is 291 g/mol. The summed E-state index contributed by atoms with van der Waals surface area (Å²) in [7, 11) is 0. The summed E-state index contributed by atoms with van der Waals surface area (Å²) in [6, 6.07) is 3.36. The van der Waals surface area contributed by atoms with Gasteiger partial charge in [-0.25, -0.2) is 0 Å². The van der Waals surface area contributed by atoms with Gasteiger partial charge in [-0.05, 0) is 44.2 Å². The van der Waals surface area contributed by atoms with Crippen LogP contribution in [0.5, 0.6) is 0 Å². The number of nitrogens with zero attached hydrogens (tertiary/aromatic N) is 2. The van der Waals surface area contributed by atoms with Crippen molar-refractivity contribution >= 4 is 0 Å². The van der Waals surface area contributed by atoms with Crippen LogP contribution in [0, 0.1) is 5.92 Å². The Balaban J connectivity index is 1.61. The van der Waals surface area contributed by atoms with Crippen LogP contribution in [0.15, 0.2) is 12.3 Å². The van der Waals surface area contributed by atoms with E-state index in [-0.39, 0.29) is 0 Å². The van der Waals surface area contributed by atoms with Gasteiger partial charge in [0.2, 0.25) is 0 Å². The Kier molecular flexibility index (Phi) is 5.31. The van der Waals surface area contributed by atoms with Gasteiger partial charge in [-0.2, -0.15) is 5.10 Å². The Labute approximate surface area is 128 Å². The fourth-order valence-corrected chi connectivity index (χ4v) is 3.83. The molecule has 1 aromatic heterocycles. The van der Waals surface area contributed by atoms with E-state index >= 15 is 0 Å². The summed E-state index contributed by atoms with van der Waals surface area (Å²) in [6.45, 7) is 5.05. The molecule has 0 spiro atoms. The smallest absolute Gasteiger partial charge is 0.0640 e. The molecule has 1 aromatic rings. The van der Waals surface area contributed by atoms with E-state index in [1.165, 1.54) is 44.2 Å². The summed E-state index contributed by atoms with van der Waals surface area (Å²) in [6.07, 6.45) is 11.0. The molecular weight excluding hydrogens is 262 g/mol. The van der Waals surface area contributed by atoms with Crippen LogP contribution in [-0.4, -0.2) is 35.6 Å². The summed E-state index contributed by atoms with van der Waals surface area (Å²) in [5, 5.41) is 8.50. The van der Waals surface area contributed by atoms with Gasteiger partial charge in [0, 0.05) is 25.3 Å². The van der Waals surface area contributed by atoms with Gasteiger partial charge in [0.25, 0.3) is 0 Å². The van der Waals surface area contributed by atoms with Gasteiger partial charge in [-0.3, -0.25) is 4.68 Å².